The van der Waals surface area contributed by atoms with Crippen molar-refractivity contribution in [2.75, 3.05) is 6.61 Å². The van der Waals surface area contributed by atoms with Crippen LogP contribution in [0.1, 0.15) is 49.4 Å². The zero-order chi connectivity index (χ0) is 23.5. The highest BCUT2D eigenvalue weighted by atomic mass is 32.1. The topological polar surface area (TPSA) is 60.7 Å². The van der Waals surface area contributed by atoms with Gasteiger partial charge in [-0.2, -0.15) is 0 Å². The molecule has 1 aromatic heterocycles. The van der Waals surface area contributed by atoms with Crippen molar-refractivity contribution in [1.29, 1.82) is 0 Å². The van der Waals surface area contributed by atoms with Gasteiger partial charge in [-0.15, -0.1) is 0 Å². The van der Waals surface area contributed by atoms with Gasteiger partial charge < -0.3 is 4.74 Å². The van der Waals surface area contributed by atoms with Crippen LogP contribution >= 0.6 is 11.3 Å². The van der Waals surface area contributed by atoms with Crippen LogP contribution in [0.4, 0.5) is 0 Å². The number of hydrogen-bond donors (Lipinski definition) is 0. The lowest BCUT2D eigenvalue weighted by molar-refractivity contribution is -0.138. The lowest BCUT2D eigenvalue weighted by atomic mass is 9.96. The van der Waals surface area contributed by atoms with Gasteiger partial charge in [-0.25, -0.2) is 9.79 Å². The molecule has 0 amide bonds. The molecule has 168 valence electrons. The summed E-state index contributed by atoms with van der Waals surface area (Å²) in [5.41, 5.74) is 3.75. The fraction of sp³-hybridized carbons (Fsp3) is 0.222. The predicted octanol–water partition coefficient (Wildman–Crippen LogP) is 4.09. The molecule has 0 fully saturated rings. The van der Waals surface area contributed by atoms with Crippen LogP contribution in [0.15, 0.2) is 88.3 Å². The predicted molar refractivity (Wildman–Crippen MR) is 132 cm³/mol. The highest BCUT2D eigenvalue weighted by Gasteiger charge is 2.33. The van der Waals surface area contributed by atoms with Crippen molar-refractivity contribution in [3.63, 3.8) is 0 Å². The Morgan fingerprint density at radius 2 is 1.88 bits per heavy atom. The summed E-state index contributed by atoms with van der Waals surface area (Å²) in [7, 11) is 0. The first-order valence-electron chi connectivity index (χ1n) is 10.9. The molecule has 6 heteroatoms. The molecule has 1 atom stereocenters. The summed E-state index contributed by atoms with van der Waals surface area (Å²) in [4.78, 5) is 31.7. The first kappa shape index (κ1) is 22.7. The molecule has 4 rings (SSSR count). The van der Waals surface area contributed by atoms with Crippen molar-refractivity contribution < 1.29 is 9.53 Å². The molecule has 0 aliphatic carbocycles. The van der Waals surface area contributed by atoms with E-state index in [9.17, 15) is 9.59 Å². The first-order valence-corrected chi connectivity index (χ1v) is 11.7. The van der Waals surface area contributed by atoms with Gasteiger partial charge in [-0.3, -0.25) is 9.36 Å². The number of benzene rings is 2. The third-order valence-electron chi connectivity index (χ3n) is 5.59. The number of rotatable bonds is 6. The average molecular weight is 459 g/mol. The van der Waals surface area contributed by atoms with Crippen molar-refractivity contribution in [1.82, 2.24) is 4.57 Å². The largest absolute Gasteiger partial charge is 0.458 e. The quantitative estimate of drug-likeness (QED) is 0.413. The number of nitrogens with zero attached hydrogens (tertiary/aromatic N) is 2. The van der Waals surface area contributed by atoms with E-state index in [0.717, 1.165) is 11.1 Å². The minimum Gasteiger partial charge on any atom is -0.458 e. The number of allylic oxidation sites excluding steroid dienone is 1. The zero-order valence-electron chi connectivity index (χ0n) is 18.9. The molecule has 2 heterocycles. The number of ether oxygens (including phenoxy) is 1. The minimum absolute atomic E-state index is 0.0912. The van der Waals surface area contributed by atoms with Gasteiger partial charge in [-0.05, 0) is 35.6 Å². The van der Waals surface area contributed by atoms with Gasteiger partial charge in [0.25, 0.3) is 5.56 Å². The monoisotopic (exact) mass is 458 g/mol. The van der Waals surface area contributed by atoms with Gasteiger partial charge in [0.2, 0.25) is 0 Å². The summed E-state index contributed by atoms with van der Waals surface area (Å²) in [5.74, 6) is -0.0546. The van der Waals surface area contributed by atoms with Crippen LogP contribution in [0.5, 0.6) is 0 Å². The molecular formula is C27H26N2O3S. The Bertz CT molecular complexity index is 1390. The molecule has 33 heavy (non-hydrogen) atoms. The molecule has 0 bridgehead atoms. The Hall–Kier alpha value is -3.51. The normalized spacial score (nSPS) is 15.9. The molecule has 0 saturated heterocycles. The smallest absolute Gasteiger partial charge is 0.338 e. The number of carbonyl (C=O) groups excluding carboxylic acids is 1. The molecule has 0 N–H and O–H groups in total. The Labute approximate surface area is 196 Å². The van der Waals surface area contributed by atoms with Gasteiger partial charge in [0.05, 0.1) is 21.8 Å². The lowest BCUT2D eigenvalue weighted by Gasteiger charge is -2.24. The van der Waals surface area contributed by atoms with Crippen LogP contribution in [-0.2, 0) is 9.53 Å². The number of fused-ring (bicyclic) bond motifs is 1. The van der Waals surface area contributed by atoms with E-state index in [2.05, 4.69) is 37.6 Å². The summed E-state index contributed by atoms with van der Waals surface area (Å²) in [6.45, 7) is 9.78. The molecule has 0 unspecified atom stereocenters. The van der Waals surface area contributed by atoms with Crippen LogP contribution in [0.2, 0.25) is 0 Å². The van der Waals surface area contributed by atoms with Crippen molar-refractivity contribution >= 4 is 23.4 Å². The van der Waals surface area contributed by atoms with Gasteiger partial charge in [0, 0.05) is 0 Å². The Morgan fingerprint density at radius 1 is 1.18 bits per heavy atom. The maximum Gasteiger partial charge on any atom is 0.338 e. The van der Waals surface area contributed by atoms with Crippen LogP contribution in [0.3, 0.4) is 0 Å². The standard InChI is InChI=1S/C27H26N2O3S/c1-5-15-32-26(31)23-18(4)28-27-29(24(23)21-9-7-6-8-10-21)25(30)22(33-27)16-19-11-13-20(14-12-19)17(2)3/h5-14,16-17,24H,1,15H2,2-4H3/b22-16+/t24-/m1/s1. The Balaban J connectivity index is 1.87. The molecule has 2 aromatic carbocycles. The second-order valence-corrected chi connectivity index (χ2v) is 9.21. The number of aromatic nitrogens is 1. The van der Waals surface area contributed by atoms with Gasteiger partial charge in [0.1, 0.15) is 6.61 Å². The fourth-order valence-corrected chi connectivity index (χ4v) is 4.92. The van der Waals surface area contributed by atoms with E-state index in [0.29, 0.717) is 26.5 Å². The molecule has 0 radical (unpaired) electrons. The van der Waals surface area contributed by atoms with E-state index in [4.69, 9.17) is 4.74 Å². The maximum atomic E-state index is 13.6. The van der Waals surface area contributed by atoms with E-state index in [1.807, 2.05) is 48.5 Å². The van der Waals surface area contributed by atoms with Crippen molar-refractivity contribution in [3.05, 3.63) is 115 Å². The van der Waals surface area contributed by atoms with E-state index < -0.39 is 12.0 Å². The molecule has 3 aromatic rings. The van der Waals surface area contributed by atoms with E-state index in [1.165, 1.54) is 23.0 Å². The summed E-state index contributed by atoms with van der Waals surface area (Å²) in [5, 5.41) is 0. The molecule has 0 saturated carbocycles. The Kier molecular flexibility index (Phi) is 6.56. The molecular weight excluding hydrogens is 432 g/mol. The van der Waals surface area contributed by atoms with Gasteiger partial charge in [-0.1, -0.05) is 92.4 Å². The SMILES string of the molecule is C=CCOC(=O)C1=C(C)N=c2s/c(=C/c3ccc(C(C)C)cc3)c(=O)n2[C@@H]1c1ccccc1. The van der Waals surface area contributed by atoms with E-state index in [-0.39, 0.29) is 12.2 Å². The van der Waals surface area contributed by atoms with E-state index >= 15 is 0 Å². The summed E-state index contributed by atoms with van der Waals surface area (Å²) < 4.78 is 7.52. The second kappa shape index (κ2) is 9.55. The molecule has 5 nitrogen and oxygen atoms in total. The zero-order valence-corrected chi connectivity index (χ0v) is 19.8. The van der Waals surface area contributed by atoms with Crippen LogP contribution in [0.25, 0.3) is 6.08 Å². The molecule has 1 aliphatic rings. The van der Waals surface area contributed by atoms with E-state index in [1.54, 1.807) is 11.5 Å². The van der Waals surface area contributed by atoms with Gasteiger partial charge >= 0.3 is 5.97 Å². The maximum absolute atomic E-state index is 13.6. The summed E-state index contributed by atoms with van der Waals surface area (Å²) in [6, 6.07) is 17.1. The number of hydrogen-bond acceptors (Lipinski definition) is 5. The van der Waals surface area contributed by atoms with Crippen LogP contribution in [-0.4, -0.2) is 17.1 Å². The molecule has 1 aliphatic heterocycles. The fourth-order valence-electron chi connectivity index (χ4n) is 3.87. The molecule has 0 spiro atoms. The van der Waals surface area contributed by atoms with Crippen molar-refractivity contribution in [2.45, 2.75) is 32.7 Å². The number of thiazole rings is 1. The first-order chi connectivity index (χ1) is 15.9. The van der Waals surface area contributed by atoms with Crippen LogP contribution in [0, 0.1) is 0 Å². The second-order valence-electron chi connectivity index (χ2n) is 8.20. The average Bonchev–Trinajstić information content (AvgIpc) is 3.11. The highest BCUT2D eigenvalue weighted by Crippen LogP contribution is 2.30. The third kappa shape index (κ3) is 4.52. The van der Waals surface area contributed by atoms with Crippen molar-refractivity contribution in [3.8, 4) is 0 Å². The van der Waals surface area contributed by atoms with Crippen LogP contribution < -0.4 is 14.9 Å². The number of carbonyl (C=O) groups is 1. The third-order valence-corrected chi connectivity index (χ3v) is 6.57. The number of esters is 1. The lowest BCUT2D eigenvalue weighted by Crippen LogP contribution is -2.39. The summed E-state index contributed by atoms with van der Waals surface area (Å²) >= 11 is 1.33. The summed E-state index contributed by atoms with van der Waals surface area (Å²) in [6.07, 6.45) is 3.40. The van der Waals surface area contributed by atoms with Crippen molar-refractivity contribution in [2.24, 2.45) is 4.99 Å². The Morgan fingerprint density at radius 3 is 2.52 bits per heavy atom. The highest BCUT2D eigenvalue weighted by molar-refractivity contribution is 7.07. The minimum atomic E-state index is -0.606. The van der Waals surface area contributed by atoms with Gasteiger partial charge in [0.15, 0.2) is 4.80 Å².